The first-order valence-electron chi connectivity index (χ1n) is 13.6. The number of aliphatic hydroxyl groups is 1. The monoisotopic (exact) mass is 550 g/mol. The van der Waals surface area contributed by atoms with Crippen molar-refractivity contribution < 1.29 is 24.2 Å². The third kappa shape index (κ3) is 5.51. The highest BCUT2D eigenvalue weighted by atomic mass is 28.4. The average molecular weight is 551 g/mol. The Bertz CT molecular complexity index is 1290. The number of β-lactam (4-membered cyclic amide) rings is 1. The number of aryl methyl sites for hydroxylation is 1. The van der Waals surface area contributed by atoms with Crippen LogP contribution in [0.3, 0.4) is 0 Å². The number of anilines is 1. The standard InChI is InChI=1S/C29H38N4O5Si/c1-19-28(37-2)22-16-21(33-15-13-27(33)35)10-11-25(22)38-29(19)26(39(3,4)36)12-14-32-17-24(30-31-32)23(18-34)20-8-6-5-7-9-20/h5-11,16-17,19,23,26,28-29,34,36H,12-15,18H2,1-4H3/t19-,23?,26?,28-,29-/m0/s1. The van der Waals surface area contributed by atoms with Gasteiger partial charge in [0, 0.05) is 55.5 Å². The van der Waals surface area contributed by atoms with Crippen LogP contribution in [0.1, 0.15) is 48.6 Å². The number of carbonyl (C=O) groups is 1. The van der Waals surface area contributed by atoms with Crippen molar-refractivity contribution in [3.63, 3.8) is 0 Å². The largest absolute Gasteiger partial charge is 0.490 e. The summed E-state index contributed by atoms with van der Waals surface area (Å²) in [4.78, 5) is 25.2. The molecule has 1 aromatic heterocycles. The molecule has 2 unspecified atom stereocenters. The van der Waals surface area contributed by atoms with Gasteiger partial charge in [0.15, 0.2) is 8.32 Å². The number of carbonyl (C=O) groups excluding carboxylic acids is 1. The van der Waals surface area contributed by atoms with Crippen molar-refractivity contribution in [3.8, 4) is 5.75 Å². The van der Waals surface area contributed by atoms with Crippen LogP contribution in [-0.4, -0.2) is 65.5 Å². The number of aliphatic hydroxyl groups excluding tert-OH is 1. The van der Waals surface area contributed by atoms with Crippen molar-refractivity contribution in [2.75, 3.05) is 25.2 Å². The zero-order valence-electron chi connectivity index (χ0n) is 23.0. The van der Waals surface area contributed by atoms with Gasteiger partial charge in [0.05, 0.1) is 24.3 Å². The van der Waals surface area contributed by atoms with E-state index in [1.165, 1.54) is 0 Å². The van der Waals surface area contributed by atoms with E-state index in [1.807, 2.05) is 67.8 Å². The summed E-state index contributed by atoms with van der Waals surface area (Å²) in [6, 6.07) is 15.7. The molecule has 0 radical (unpaired) electrons. The number of rotatable bonds is 10. The maximum atomic E-state index is 12.0. The summed E-state index contributed by atoms with van der Waals surface area (Å²) < 4.78 is 14.4. The van der Waals surface area contributed by atoms with Gasteiger partial charge in [-0.3, -0.25) is 9.48 Å². The van der Waals surface area contributed by atoms with E-state index < -0.39 is 8.32 Å². The molecule has 3 heterocycles. The predicted molar refractivity (Wildman–Crippen MR) is 150 cm³/mol. The first kappa shape index (κ1) is 27.5. The Labute approximate surface area is 230 Å². The van der Waals surface area contributed by atoms with Crippen LogP contribution in [0.2, 0.25) is 18.6 Å². The second-order valence-electron chi connectivity index (χ2n) is 11.2. The summed E-state index contributed by atoms with van der Waals surface area (Å²) in [5.41, 5.74) is 3.42. The second kappa shape index (κ2) is 11.2. The van der Waals surface area contributed by atoms with E-state index in [0.717, 1.165) is 29.1 Å². The molecule has 0 aliphatic carbocycles. The van der Waals surface area contributed by atoms with Gasteiger partial charge in [-0.15, -0.1) is 5.10 Å². The molecule has 0 saturated carbocycles. The van der Waals surface area contributed by atoms with Crippen LogP contribution >= 0.6 is 0 Å². The molecule has 0 spiro atoms. The van der Waals surface area contributed by atoms with E-state index in [4.69, 9.17) is 9.47 Å². The van der Waals surface area contributed by atoms with Crippen LogP contribution in [-0.2, 0) is 16.1 Å². The highest BCUT2D eigenvalue weighted by Crippen LogP contribution is 2.47. The van der Waals surface area contributed by atoms with E-state index >= 15 is 0 Å². The molecule has 9 nitrogen and oxygen atoms in total. The normalized spacial score (nSPS) is 22.6. The lowest BCUT2D eigenvalue weighted by Gasteiger charge is -2.44. The third-order valence-corrected chi connectivity index (χ3v) is 10.7. The molecule has 5 rings (SSSR count). The molecule has 10 heteroatoms. The Hall–Kier alpha value is -3.05. The molecule has 39 heavy (non-hydrogen) atoms. The quantitative estimate of drug-likeness (QED) is 0.291. The van der Waals surface area contributed by atoms with Gasteiger partial charge in [-0.25, -0.2) is 0 Å². The van der Waals surface area contributed by atoms with Crippen molar-refractivity contribution in [3.05, 3.63) is 71.5 Å². The van der Waals surface area contributed by atoms with Crippen LogP contribution < -0.4 is 9.64 Å². The molecule has 2 aliphatic rings. The number of amides is 1. The van der Waals surface area contributed by atoms with E-state index in [1.54, 1.807) is 16.7 Å². The minimum Gasteiger partial charge on any atom is -0.490 e. The minimum atomic E-state index is -2.68. The molecule has 3 aromatic rings. The minimum absolute atomic E-state index is 0.0167. The molecule has 1 fully saturated rings. The molecule has 1 amide bonds. The van der Waals surface area contributed by atoms with Crippen LogP contribution in [0.25, 0.3) is 0 Å². The molecule has 2 N–H and O–H groups in total. The summed E-state index contributed by atoms with van der Waals surface area (Å²) in [5.74, 6) is 0.611. The molecule has 2 aromatic carbocycles. The smallest absolute Gasteiger partial charge is 0.228 e. The Morgan fingerprint density at radius 1 is 1.21 bits per heavy atom. The molecular weight excluding hydrogens is 512 g/mol. The third-order valence-electron chi connectivity index (χ3n) is 8.25. The molecule has 2 aliphatic heterocycles. The average Bonchev–Trinajstić information content (AvgIpc) is 3.37. The summed E-state index contributed by atoms with van der Waals surface area (Å²) in [6.45, 7) is 7.25. The van der Waals surface area contributed by atoms with Gasteiger partial charge in [-0.2, -0.15) is 0 Å². The summed E-state index contributed by atoms with van der Waals surface area (Å²) in [6.07, 6.45) is 2.66. The zero-order valence-corrected chi connectivity index (χ0v) is 24.0. The topological polar surface area (TPSA) is 110 Å². The Morgan fingerprint density at radius 2 is 1.97 bits per heavy atom. The van der Waals surface area contributed by atoms with E-state index in [9.17, 15) is 14.7 Å². The molecule has 1 saturated heterocycles. The van der Waals surface area contributed by atoms with Crippen molar-refractivity contribution in [1.29, 1.82) is 0 Å². The summed E-state index contributed by atoms with van der Waals surface area (Å²) in [7, 11) is -0.976. The van der Waals surface area contributed by atoms with Crippen molar-refractivity contribution in [2.45, 2.75) is 63.1 Å². The number of methoxy groups -OCH3 is 1. The second-order valence-corrected chi connectivity index (χ2v) is 15.3. The number of fused-ring (bicyclic) bond motifs is 1. The number of hydrogen-bond acceptors (Lipinski definition) is 7. The Kier molecular flexibility index (Phi) is 7.91. The first-order chi connectivity index (χ1) is 18.7. The van der Waals surface area contributed by atoms with Crippen molar-refractivity contribution >= 4 is 19.9 Å². The Morgan fingerprint density at radius 3 is 2.59 bits per heavy atom. The fourth-order valence-corrected chi connectivity index (χ4v) is 7.96. The maximum Gasteiger partial charge on any atom is 0.228 e. The number of hydrogen-bond donors (Lipinski definition) is 2. The van der Waals surface area contributed by atoms with Crippen LogP contribution in [0.5, 0.6) is 5.75 Å². The fourth-order valence-electron chi connectivity index (χ4n) is 5.95. The van der Waals surface area contributed by atoms with Crippen molar-refractivity contribution in [2.24, 2.45) is 5.92 Å². The lowest BCUT2D eigenvalue weighted by Crippen LogP contribution is -2.48. The van der Waals surface area contributed by atoms with Crippen LogP contribution in [0, 0.1) is 5.92 Å². The first-order valence-corrected chi connectivity index (χ1v) is 16.7. The zero-order chi connectivity index (χ0) is 27.7. The van der Waals surface area contributed by atoms with Gasteiger partial charge in [0.1, 0.15) is 11.9 Å². The lowest BCUT2D eigenvalue weighted by molar-refractivity contribution is -0.122. The molecular formula is C29H38N4O5Si. The van der Waals surface area contributed by atoms with Gasteiger partial charge < -0.3 is 24.3 Å². The van der Waals surface area contributed by atoms with Gasteiger partial charge >= 0.3 is 0 Å². The summed E-state index contributed by atoms with van der Waals surface area (Å²) in [5, 5.41) is 18.7. The Balaban J connectivity index is 1.35. The SMILES string of the molecule is CO[C@@H]1c2cc(N3CCC3=O)ccc2O[C@H](C(CCn2cc(C(CO)c3ccccc3)nn2)[Si](C)(C)O)[C@H]1C. The lowest BCUT2D eigenvalue weighted by atomic mass is 9.86. The number of benzene rings is 2. The number of aromatic nitrogens is 3. The predicted octanol–water partition coefficient (Wildman–Crippen LogP) is 3.88. The van der Waals surface area contributed by atoms with Crippen molar-refractivity contribution in [1.82, 2.24) is 15.0 Å². The molecule has 208 valence electrons. The maximum absolute atomic E-state index is 12.0. The van der Waals surface area contributed by atoms with Crippen LogP contribution in [0.15, 0.2) is 54.7 Å². The van der Waals surface area contributed by atoms with E-state index in [0.29, 0.717) is 25.1 Å². The van der Waals surface area contributed by atoms with Gasteiger partial charge in [0.25, 0.3) is 0 Å². The van der Waals surface area contributed by atoms with Gasteiger partial charge in [-0.05, 0) is 43.3 Å². The number of nitrogens with zero attached hydrogens (tertiary/aromatic N) is 4. The number of ether oxygens (including phenoxy) is 2. The fraction of sp³-hybridized carbons (Fsp3) is 0.483. The van der Waals surface area contributed by atoms with E-state index in [-0.39, 0.29) is 42.1 Å². The van der Waals surface area contributed by atoms with Crippen LogP contribution in [0.4, 0.5) is 5.69 Å². The summed E-state index contributed by atoms with van der Waals surface area (Å²) >= 11 is 0. The van der Waals surface area contributed by atoms with Gasteiger partial charge in [0.2, 0.25) is 5.91 Å². The van der Waals surface area contributed by atoms with Gasteiger partial charge in [-0.1, -0.05) is 42.5 Å². The highest BCUT2D eigenvalue weighted by Gasteiger charge is 2.46. The molecule has 5 atom stereocenters. The van der Waals surface area contributed by atoms with E-state index in [2.05, 4.69) is 17.2 Å². The highest BCUT2D eigenvalue weighted by molar-refractivity contribution is 6.71. The molecule has 0 bridgehead atoms.